The molecule has 1 saturated carbocycles. The summed E-state index contributed by atoms with van der Waals surface area (Å²) in [5.74, 6) is 0.436. The van der Waals surface area contributed by atoms with E-state index >= 15 is 0 Å². The van der Waals surface area contributed by atoms with Crippen LogP contribution in [0.4, 0.5) is 0 Å². The highest BCUT2D eigenvalue weighted by molar-refractivity contribution is 5.97. The van der Waals surface area contributed by atoms with Crippen LogP contribution in [0.5, 0.6) is 0 Å². The second kappa shape index (κ2) is 5.37. The molecule has 2 aromatic rings. The van der Waals surface area contributed by atoms with Gasteiger partial charge >= 0.3 is 0 Å². The van der Waals surface area contributed by atoms with E-state index in [0.717, 1.165) is 30.5 Å². The Morgan fingerprint density at radius 2 is 2.41 bits per heavy atom. The van der Waals surface area contributed by atoms with Crippen LogP contribution in [0, 0.1) is 5.92 Å². The molecule has 1 aromatic heterocycles. The Hall–Kier alpha value is -1.92. The van der Waals surface area contributed by atoms with E-state index in [4.69, 9.17) is 9.84 Å². The molecule has 1 aliphatic carbocycles. The van der Waals surface area contributed by atoms with Crippen LogP contribution in [0.15, 0.2) is 24.5 Å². The summed E-state index contributed by atoms with van der Waals surface area (Å²) in [6, 6.07) is 5.74. The van der Waals surface area contributed by atoms with Gasteiger partial charge in [-0.15, -0.1) is 0 Å². The lowest BCUT2D eigenvalue weighted by Crippen LogP contribution is -2.53. The number of hydrogen-bond acceptors (Lipinski definition) is 4. The van der Waals surface area contributed by atoms with Gasteiger partial charge in [-0.1, -0.05) is 0 Å². The molecular weight excluding hydrogens is 282 g/mol. The molecule has 1 amide bonds. The van der Waals surface area contributed by atoms with E-state index in [1.807, 2.05) is 16.7 Å². The van der Waals surface area contributed by atoms with E-state index < -0.39 is 0 Å². The third-order valence-electron chi connectivity index (χ3n) is 4.80. The van der Waals surface area contributed by atoms with Gasteiger partial charge in [-0.05, 0) is 31.0 Å². The van der Waals surface area contributed by atoms with Crippen LogP contribution < -0.4 is 5.32 Å². The number of aromatic nitrogens is 2. The fraction of sp³-hybridized carbons (Fsp3) is 0.500. The lowest BCUT2D eigenvalue weighted by Gasteiger charge is -2.39. The van der Waals surface area contributed by atoms with E-state index in [9.17, 15) is 4.79 Å². The third-order valence-corrected chi connectivity index (χ3v) is 4.80. The zero-order valence-electron chi connectivity index (χ0n) is 12.2. The van der Waals surface area contributed by atoms with Crippen molar-refractivity contribution >= 4 is 16.9 Å². The first-order valence-corrected chi connectivity index (χ1v) is 7.74. The summed E-state index contributed by atoms with van der Waals surface area (Å²) < 4.78 is 7.45. The Morgan fingerprint density at radius 1 is 1.50 bits per heavy atom. The van der Waals surface area contributed by atoms with Gasteiger partial charge in [0.15, 0.2) is 0 Å². The highest BCUT2D eigenvalue weighted by atomic mass is 16.5. The largest absolute Gasteiger partial charge is 0.395 e. The maximum Gasteiger partial charge on any atom is 0.251 e. The molecule has 0 unspecified atom stereocenters. The lowest BCUT2D eigenvalue weighted by molar-refractivity contribution is 0.00810. The maximum absolute atomic E-state index is 12.4. The van der Waals surface area contributed by atoms with Gasteiger partial charge in [0.2, 0.25) is 0 Å². The van der Waals surface area contributed by atoms with E-state index in [0.29, 0.717) is 24.1 Å². The summed E-state index contributed by atoms with van der Waals surface area (Å²) in [6.45, 7) is 1.39. The molecular formula is C16H19N3O3. The van der Waals surface area contributed by atoms with Crippen LogP contribution in [0.3, 0.4) is 0 Å². The van der Waals surface area contributed by atoms with E-state index in [1.54, 1.807) is 12.4 Å². The zero-order valence-corrected chi connectivity index (χ0v) is 12.2. The normalized spacial score (nSPS) is 26.7. The van der Waals surface area contributed by atoms with Gasteiger partial charge in [-0.3, -0.25) is 4.79 Å². The van der Waals surface area contributed by atoms with Gasteiger partial charge in [0.1, 0.15) is 0 Å². The van der Waals surface area contributed by atoms with Gasteiger partial charge in [-0.2, -0.15) is 0 Å². The van der Waals surface area contributed by atoms with Gasteiger partial charge in [0, 0.05) is 30.7 Å². The summed E-state index contributed by atoms with van der Waals surface area (Å²) in [4.78, 5) is 16.7. The highest BCUT2D eigenvalue weighted by Gasteiger charge is 2.45. The molecule has 1 saturated heterocycles. The average Bonchev–Trinajstić information content (AvgIpc) is 3.08. The third kappa shape index (κ3) is 2.19. The molecule has 2 aliphatic rings. The minimum atomic E-state index is -0.0473. The van der Waals surface area contributed by atoms with Crippen molar-refractivity contribution in [1.29, 1.82) is 0 Å². The van der Waals surface area contributed by atoms with Crippen molar-refractivity contribution in [3.05, 3.63) is 30.1 Å². The fourth-order valence-corrected chi connectivity index (χ4v) is 3.51. The van der Waals surface area contributed by atoms with Crippen molar-refractivity contribution in [3.8, 4) is 0 Å². The quantitative estimate of drug-likeness (QED) is 0.881. The molecule has 6 nitrogen and oxygen atoms in total. The number of aliphatic hydroxyl groups is 1. The zero-order chi connectivity index (χ0) is 15.1. The van der Waals surface area contributed by atoms with Crippen LogP contribution in [0.2, 0.25) is 0 Å². The summed E-state index contributed by atoms with van der Waals surface area (Å²) >= 11 is 0. The number of fused-ring (bicyclic) bond motifs is 2. The topological polar surface area (TPSA) is 76.4 Å². The summed E-state index contributed by atoms with van der Waals surface area (Å²) in [5, 5.41) is 12.1. The number of aliphatic hydroxyl groups excluding tert-OH is 1. The van der Waals surface area contributed by atoms with Crippen molar-refractivity contribution in [3.63, 3.8) is 0 Å². The van der Waals surface area contributed by atoms with Crippen molar-refractivity contribution in [2.24, 2.45) is 5.92 Å². The van der Waals surface area contributed by atoms with Crippen LogP contribution in [-0.4, -0.2) is 45.9 Å². The predicted molar refractivity (Wildman–Crippen MR) is 80.5 cm³/mol. The summed E-state index contributed by atoms with van der Waals surface area (Å²) in [6.07, 6.45) is 4.00. The Bertz CT molecular complexity index is 712. The molecule has 0 spiro atoms. The van der Waals surface area contributed by atoms with Crippen molar-refractivity contribution in [2.75, 3.05) is 13.2 Å². The molecule has 6 heteroatoms. The minimum absolute atomic E-state index is 0.0473. The number of ether oxygens (including phenoxy) is 1. The highest BCUT2D eigenvalue weighted by Crippen LogP contribution is 2.38. The number of carbonyl (C=O) groups excluding carboxylic acids is 1. The Labute approximate surface area is 128 Å². The molecule has 116 valence electrons. The fourth-order valence-electron chi connectivity index (χ4n) is 3.51. The first-order valence-electron chi connectivity index (χ1n) is 7.74. The van der Waals surface area contributed by atoms with Gasteiger partial charge in [0.05, 0.1) is 30.1 Å². The predicted octanol–water partition coefficient (Wildman–Crippen LogP) is 0.936. The van der Waals surface area contributed by atoms with Crippen LogP contribution in [0.25, 0.3) is 11.0 Å². The first kappa shape index (κ1) is 13.7. The molecule has 0 bridgehead atoms. The number of amides is 1. The molecule has 2 N–H and O–H groups in total. The Kier molecular flexibility index (Phi) is 3.35. The van der Waals surface area contributed by atoms with Crippen LogP contribution in [-0.2, 0) is 11.3 Å². The average molecular weight is 301 g/mol. The number of nitrogens with zero attached hydrogens (tertiary/aromatic N) is 2. The molecule has 1 aliphatic heterocycles. The van der Waals surface area contributed by atoms with Gasteiger partial charge in [-0.25, -0.2) is 4.98 Å². The molecule has 1 aromatic carbocycles. The molecule has 3 atom stereocenters. The second-order valence-electron chi connectivity index (χ2n) is 6.04. The van der Waals surface area contributed by atoms with E-state index in [2.05, 4.69) is 10.3 Å². The Morgan fingerprint density at radius 3 is 3.23 bits per heavy atom. The molecule has 2 heterocycles. The van der Waals surface area contributed by atoms with Gasteiger partial charge < -0.3 is 19.7 Å². The number of imidazole rings is 1. The number of hydrogen-bond donors (Lipinski definition) is 2. The van der Waals surface area contributed by atoms with E-state index in [1.165, 1.54) is 0 Å². The smallest absolute Gasteiger partial charge is 0.251 e. The van der Waals surface area contributed by atoms with Crippen molar-refractivity contribution in [1.82, 2.24) is 14.9 Å². The molecule has 0 radical (unpaired) electrons. The van der Waals surface area contributed by atoms with Gasteiger partial charge in [0.25, 0.3) is 5.91 Å². The lowest BCUT2D eigenvalue weighted by atomic mass is 9.76. The molecule has 4 rings (SSSR count). The Balaban J connectivity index is 1.49. The van der Waals surface area contributed by atoms with E-state index in [-0.39, 0.29) is 18.6 Å². The summed E-state index contributed by atoms with van der Waals surface area (Å²) in [5.41, 5.74) is 2.33. The van der Waals surface area contributed by atoms with Crippen LogP contribution in [0.1, 0.15) is 23.2 Å². The number of benzene rings is 1. The monoisotopic (exact) mass is 301 g/mol. The maximum atomic E-state index is 12.4. The summed E-state index contributed by atoms with van der Waals surface area (Å²) in [7, 11) is 0. The number of nitrogens with one attached hydrogen (secondary N) is 1. The number of carbonyl (C=O) groups is 1. The minimum Gasteiger partial charge on any atom is -0.395 e. The number of rotatable bonds is 4. The standard InChI is InChI=1S/C16H19N3O3/c20-5-4-19-9-17-13-7-10(1-2-14(13)19)16(21)18-12-8-15-11(12)3-6-22-15/h1-2,7,9,11-12,15,20H,3-6,8H2,(H,18,21)/t11-,12+,15+/m0/s1. The van der Waals surface area contributed by atoms with Crippen molar-refractivity contribution < 1.29 is 14.6 Å². The molecule has 2 fully saturated rings. The van der Waals surface area contributed by atoms with Crippen LogP contribution >= 0.6 is 0 Å². The molecule has 22 heavy (non-hydrogen) atoms. The first-order chi connectivity index (χ1) is 10.8. The van der Waals surface area contributed by atoms with Crippen molar-refractivity contribution in [2.45, 2.75) is 31.5 Å². The SMILES string of the molecule is O=C(N[C@@H]1C[C@H]2OCC[C@@H]12)c1ccc2c(c1)ncn2CCO. The second-order valence-corrected chi connectivity index (χ2v) is 6.04.